The van der Waals surface area contributed by atoms with E-state index in [1.165, 1.54) is 0 Å². The van der Waals surface area contributed by atoms with Crippen LogP contribution in [0.1, 0.15) is 130 Å². The van der Waals surface area contributed by atoms with E-state index >= 15 is 0 Å². The van der Waals surface area contributed by atoms with Crippen molar-refractivity contribution in [3.05, 3.63) is 0 Å². The molecule has 460 valence electrons. The van der Waals surface area contributed by atoms with Crippen molar-refractivity contribution in [2.75, 3.05) is 52.7 Å². The van der Waals surface area contributed by atoms with Crippen LogP contribution in [-0.4, -0.2) is 253 Å². The second-order valence-electron chi connectivity index (χ2n) is 21.4. The van der Waals surface area contributed by atoms with Crippen molar-refractivity contribution in [3.8, 4) is 0 Å². The number of unbranched alkanes of at least 4 members (excludes halogenated alkanes) is 7. The molecule has 79 heavy (non-hydrogen) atoms. The summed E-state index contributed by atoms with van der Waals surface area (Å²) in [6.45, 7) is 4.40. The average Bonchev–Trinajstić information content (AvgIpc) is 3.41. The Balaban J connectivity index is 1.48. The quantitative estimate of drug-likeness (QED) is 0.0260. The minimum Gasteiger partial charge on any atom is -0.394 e. The highest BCUT2D eigenvalue weighted by Gasteiger charge is 2.46. The lowest BCUT2D eigenvalue weighted by atomic mass is 9.99. The van der Waals surface area contributed by atoms with Gasteiger partial charge in [-0.3, -0.25) is 24.0 Å². The predicted molar refractivity (Wildman–Crippen MR) is 275 cm³/mol. The first kappa shape index (κ1) is 69.9. The first-order valence-corrected chi connectivity index (χ1v) is 27.7. The number of aliphatic hydroxyl groups is 12. The lowest BCUT2D eigenvalue weighted by Crippen LogP contribution is -2.59. The van der Waals surface area contributed by atoms with Crippen molar-refractivity contribution >= 4 is 29.5 Å². The normalized spacial score (nSPS) is 30.0. The van der Waals surface area contributed by atoms with Crippen molar-refractivity contribution < 1.29 is 114 Å². The maximum atomic E-state index is 14.0. The standard InChI is InChI=1S/C51H93N5O23/c1-51(2,3)56-47(72)30(17-9-12-22-52-34(60)18-6-4-13-23-74-45-39(65)33(28-59)77-48(73)44(45)70)55-46(71)29(54-36(62)20-7-5-14-24-75-49-42(68)40(66)37(63)31(26-57)78-49)16-8-11-21-53-35(61)19-10-15-25-76-50-43(69)41(67)38(64)32(27-58)79-50/h29-33,37-45,48-50,57-59,63-70,73H,4-28H2,1-3H3,(H,52,60)(H,53,61)(H,54,62)(H,55,71)(H,56,72)/t29?,30?,31-,32-,33-,37+,38+,39+,40+,41+,42-,43-,44-,45+,48-,49-,50-/m1/s1. The molecule has 5 amide bonds. The van der Waals surface area contributed by atoms with E-state index in [1.54, 1.807) is 20.8 Å². The van der Waals surface area contributed by atoms with Crippen LogP contribution in [-0.2, 0) is 52.4 Å². The Bertz CT molecular complexity index is 1770. The molecule has 3 fully saturated rings. The van der Waals surface area contributed by atoms with Crippen LogP contribution in [0, 0.1) is 0 Å². The van der Waals surface area contributed by atoms with Gasteiger partial charge >= 0.3 is 0 Å². The Morgan fingerprint density at radius 2 is 0.861 bits per heavy atom. The van der Waals surface area contributed by atoms with Gasteiger partial charge < -0.3 is 116 Å². The molecule has 0 bridgehead atoms. The van der Waals surface area contributed by atoms with Crippen LogP contribution >= 0.6 is 0 Å². The first-order valence-electron chi connectivity index (χ1n) is 27.7. The third-order valence-corrected chi connectivity index (χ3v) is 13.6. The summed E-state index contributed by atoms with van der Waals surface area (Å²) >= 11 is 0. The molecule has 3 aliphatic heterocycles. The highest BCUT2D eigenvalue weighted by molar-refractivity contribution is 5.92. The first-order chi connectivity index (χ1) is 37.5. The molecule has 2 unspecified atom stereocenters. The molecular formula is C51H93N5O23. The largest absolute Gasteiger partial charge is 0.394 e. The van der Waals surface area contributed by atoms with Crippen LogP contribution in [0.2, 0.25) is 0 Å². The van der Waals surface area contributed by atoms with Crippen LogP contribution in [0.5, 0.6) is 0 Å². The Labute approximate surface area is 461 Å². The Hall–Kier alpha value is -3.37. The summed E-state index contributed by atoms with van der Waals surface area (Å²) in [5.41, 5.74) is -0.654. The highest BCUT2D eigenvalue weighted by Crippen LogP contribution is 2.25. The minimum atomic E-state index is -1.62. The van der Waals surface area contributed by atoms with Crippen molar-refractivity contribution in [2.24, 2.45) is 0 Å². The van der Waals surface area contributed by atoms with Crippen LogP contribution in [0.15, 0.2) is 0 Å². The summed E-state index contributed by atoms with van der Waals surface area (Å²) in [5.74, 6) is -1.93. The topological polar surface area (TPSA) is 444 Å². The van der Waals surface area contributed by atoms with Gasteiger partial charge in [-0.05, 0) is 97.8 Å². The molecule has 3 aliphatic rings. The van der Waals surface area contributed by atoms with E-state index in [-0.39, 0.29) is 70.3 Å². The van der Waals surface area contributed by atoms with Gasteiger partial charge in [0.2, 0.25) is 29.5 Å². The fourth-order valence-electron chi connectivity index (χ4n) is 8.92. The van der Waals surface area contributed by atoms with Gasteiger partial charge in [-0.25, -0.2) is 0 Å². The van der Waals surface area contributed by atoms with Crippen LogP contribution in [0.3, 0.4) is 0 Å². The van der Waals surface area contributed by atoms with Gasteiger partial charge in [-0.2, -0.15) is 0 Å². The van der Waals surface area contributed by atoms with Gasteiger partial charge in [0.25, 0.3) is 0 Å². The van der Waals surface area contributed by atoms with Crippen LogP contribution < -0.4 is 26.6 Å². The molecule has 17 N–H and O–H groups in total. The minimum absolute atomic E-state index is 0.0202. The highest BCUT2D eigenvalue weighted by atomic mass is 16.7. The predicted octanol–water partition coefficient (Wildman–Crippen LogP) is -4.82. The summed E-state index contributed by atoms with van der Waals surface area (Å²) in [6, 6.07) is -2.07. The molecule has 0 aliphatic carbocycles. The number of aliphatic hydroxyl groups excluding tert-OH is 12. The Morgan fingerprint density at radius 3 is 1.33 bits per heavy atom. The molecule has 0 spiro atoms. The third-order valence-electron chi connectivity index (χ3n) is 13.6. The van der Waals surface area contributed by atoms with Gasteiger partial charge in [-0.15, -0.1) is 0 Å². The van der Waals surface area contributed by atoms with E-state index in [9.17, 15) is 85.3 Å². The number of rotatable bonds is 37. The second kappa shape index (κ2) is 37.0. The van der Waals surface area contributed by atoms with Crippen LogP contribution in [0.4, 0.5) is 0 Å². The van der Waals surface area contributed by atoms with Gasteiger partial charge in [0.1, 0.15) is 85.3 Å². The molecule has 0 aromatic rings. The van der Waals surface area contributed by atoms with E-state index in [0.29, 0.717) is 83.6 Å². The number of ether oxygens (including phenoxy) is 6. The van der Waals surface area contributed by atoms with E-state index in [2.05, 4.69) is 26.6 Å². The fraction of sp³-hybridized carbons (Fsp3) is 0.902. The fourth-order valence-corrected chi connectivity index (χ4v) is 8.92. The van der Waals surface area contributed by atoms with Gasteiger partial charge in [0, 0.05) is 57.7 Å². The Kier molecular flexibility index (Phi) is 32.7. The summed E-state index contributed by atoms with van der Waals surface area (Å²) in [5, 5.41) is 133. The molecule has 3 rings (SSSR count). The SMILES string of the molecule is CC(C)(C)NC(=O)C(CCCCNC(=O)CCCCCO[C@@H]1[C@@H](O)[C@H](O)O[C@H](CO)[C@@H]1O)NC(=O)C(CCCCNC(=O)CCCCO[C@@H]1O[C@H](CO)[C@H](O)[C@H](O)[C@H]1O)NC(=O)CCCCCO[C@@H]1O[C@H](CO)[C@H](O)[C@H](O)[C@H]1O. The van der Waals surface area contributed by atoms with E-state index in [1.807, 2.05) is 0 Å². The third kappa shape index (κ3) is 24.9. The monoisotopic (exact) mass is 1140 g/mol. The number of hydrogen-bond acceptors (Lipinski definition) is 23. The van der Waals surface area contributed by atoms with Crippen molar-refractivity contribution in [3.63, 3.8) is 0 Å². The van der Waals surface area contributed by atoms with Crippen molar-refractivity contribution in [2.45, 2.75) is 240 Å². The molecule has 28 heteroatoms. The lowest BCUT2D eigenvalue weighted by molar-refractivity contribution is -0.301. The molecule has 0 aromatic carbocycles. The molecule has 3 heterocycles. The zero-order valence-corrected chi connectivity index (χ0v) is 45.8. The van der Waals surface area contributed by atoms with Gasteiger partial charge in [0.15, 0.2) is 18.9 Å². The molecule has 0 aromatic heterocycles. The summed E-state index contributed by atoms with van der Waals surface area (Å²) in [7, 11) is 0. The number of nitrogens with one attached hydrogen (secondary N) is 5. The van der Waals surface area contributed by atoms with Crippen molar-refractivity contribution in [1.29, 1.82) is 0 Å². The number of amides is 5. The van der Waals surface area contributed by atoms with Crippen molar-refractivity contribution in [1.82, 2.24) is 26.6 Å². The maximum Gasteiger partial charge on any atom is 0.243 e. The molecule has 28 nitrogen and oxygen atoms in total. The van der Waals surface area contributed by atoms with E-state index in [4.69, 9.17) is 28.4 Å². The smallest absolute Gasteiger partial charge is 0.243 e. The Morgan fingerprint density at radius 1 is 0.443 bits per heavy atom. The lowest BCUT2D eigenvalue weighted by Gasteiger charge is -2.39. The summed E-state index contributed by atoms with van der Waals surface area (Å²) in [4.78, 5) is 66.1. The number of carbonyl (C=O) groups is 5. The molecule has 0 radical (unpaired) electrons. The molecule has 17 atom stereocenters. The molecule has 0 saturated carbocycles. The number of hydrogen-bond donors (Lipinski definition) is 17. The van der Waals surface area contributed by atoms with Gasteiger partial charge in [0.05, 0.1) is 19.8 Å². The zero-order valence-electron chi connectivity index (χ0n) is 45.8. The summed E-state index contributed by atoms with van der Waals surface area (Å²) in [6.07, 6.45) is -14.7. The summed E-state index contributed by atoms with van der Waals surface area (Å²) < 4.78 is 32.2. The second-order valence-corrected chi connectivity index (χ2v) is 21.4. The van der Waals surface area contributed by atoms with E-state index in [0.717, 1.165) is 0 Å². The van der Waals surface area contributed by atoms with E-state index < -0.39 is 147 Å². The van der Waals surface area contributed by atoms with Crippen LogP contribution in [0.25, 0.3) is 0 Å². The number of carbonyl (C=O) groups excluding carboxylic acids is 5. The zero-order chi connectivity index (χ0) is 58.7. The van der Waals surface area contributed by atoms with Gasteiger partial charge in [-0.1, -0.05) is 12.8 Å². The molecular weight excluding hydrogens is 1050 g/mol. The molecule has 3 saturated heterocycles. The average molecular weight is 1140 g/mol. The maximum absolute atomic E-state index is 14.0.